The van der Waals surface area contributed by atoms with E-state index in [2.05, 4.69) is 41.2 Å². The van der Waals surface area contributed by atoms with Crippen LogP contribution < -0.4 is 21.7 Å². The van der Waals surface area contributed by atoms with Crippen LogP contribution in [0.25, 0.3) is 0 Å². The highest BCUT2D eigenvalue weighted by Crippen LogP contribution is 2.04. The highest BCUT2D eigenvalue weighted by atomic mass is 32.1. The fourth-order valence-corrected chi connectivity index (χ4v) is 2.70. The van der Waals surface area contributed by atoms with Gasteiger partial charge in [-0.25, -0.2) is 4.79 Å². The van der Waals surface area contributed by atoms with Crippen LogP contribution in [0.2, 0.25) is 0 Å². The second-order valence-corrected chi connectivity index (χ2v) is 7.08. The third-order valence-electron chi connectivity index (χ3n) is 4.00. The zero-order chi connectivity index (χ0) is 22.0. The molecule has 4 unspecified atom stereocenters. The fourth-order valence-electron chi connectivity index (χ4n) is 2.28. The maximum absolute atomic E-state index is 12.3. The van der Waals surface area contributed by atoms with E-state index in [1.165, 1.54) is 6.92 Å². The monoisotopic (exact) mass is 442 g/mol. The van der Waals surface area contributed by atoms with Crippen molar-refractivity contribution in [3.8, 4) is 0 Å². The van der Waals surface area contributed by atoms with Crippen molar-refractivity contribution in [2.24, 2.45) is 5.73 Å². The number of carboxylic acids is 1. The molecule has 0 radical (unpaired) electrons. The molecular weight excluding hydrogens is 416 g/mol. The van der Waals surface area contributed by atoms with Crippen LogP contribution in [0.3, 0.4) is 0 Å². The number of amides is 3. The summed E-state index contributed by atoms with van der Waals surface area (Å²) in [7, 11) is 0. The van der Waals surface area contributed by atoms with E-state index in [1.54, 1.807) is 30.3 Å². The van der Waals surface area contributed by atoms with Crippen molar-refractivity contribution in [3.63, 3.8) is 0 Å². The number of thiol groups is 2. The Morgan fingerprint density at radius 2 is 1.52 bits per heavy atom. The molecule has 0 spiro atoms. The molecule has 160 valence electrons. The Morgan fingerprint density at radius 1 is 0.931 bits per heavy atom. The third kappa shape index (κ3) is 8.34. The number of carbonyl (C=O) groups excluding carboxylic acids is 3. The molecular formula is C18H26N4O5S2. The number of nitrogens with two attached hydrogens (primary N) is 1. The number of aliphatic carboxylic acids is 1. The molecule has 3 amide bonds. The summed E-state index contributed by atoms with van der Waals surface area (Å²) in [5, 5.41) is 16.6. The van der Waals surface area contributed by atoms with Crippen molar-refractivity contribution in [2.45, 2.75) is 37.5 Å². The summed E-state index contributed by atoms with van der Waals surface area (Å²) in [6.45, 7) is 1.41. The van der Waals surface area contributed by atoms with Crippen molar-refractivity contribution in [3.05, 3.63) is 35.9 Å². The van der Waals surface area contributed by atoms with E-state index < -0.39 is 47.9 Å². The summed E-state index contributed by atoms with van der Waals surface area (Å²) in [6.07, 6.45) is 0.0967. The minimum absolute atomic E-state index is 0.0169. The molecule has 0 saturated carbocycles. The van der Waals surface area contributed by atoms with Gasteiger partial charge in [-0.15, -0.1) is 0 Å². The van der Waals surface area contributed by atoms with Gasteiger partial charge in [-0.1, -0.05) is 30.3 Å². The van der Waals surface area contributed by atoms with Crippen LogP contribution in [0, 0.1) is 0 Å². The van der Waals surface area contributed by atoms with Gasteiger partial charge in [0.05, 0.1) is 6.04 Å². The lowest BCUT2D eigenvalue weighted by atomic mass is 10.1. The van der Waals surface area contributed by atoms with E-state index in [9.17, 15) is 24.3 Å². The van der Waals surface area contributed by atoms with E-state index >= 15 is 0 Å². The number of benzene rings is 1. The summed E-state index contributed by atoms with van der Waals surface area (Å²) < 4.78 is 0. The molecule has 0 aliphatic rings. The van der Waals surface area contributed by atoms with Crippen LogP contribution in [0.5, 0.6) is 0 Å². The van der Waals surface area contributed by atoms with Crippen molar-refractivity contribution in [1.29, 1.82) is 0 Å². The average molecular weight is 443 g/mol. The maximum atomic E-state index is 12.3. The number of hydrogen-bond donors (Lipinski definition) is 7. The van der Waals surface area contributed by atoms with Gasteiger partial charge >= 0.3 is 5.97 Å². The Hall–Kier alpha value is -2.24. The molecule has 0 aliphatic heterocycles. The summed E-state index contributed by atoms with van der Waals surface area (Å²) in [5.41, 5.74) is 6.30. The first-order chi connectivity index (χ1) is 13.7. The Morgan fingerprint density at radius 3 is 2.03 bits per heavy atom. The van der Waals surface area contributed by atoms with E-state index in [0.29, 0.717) is 0 Å². The Kier molecular flexibility index (Phi) is 10.6. The lowest BCUT2D eigenvalue weighted by Crippen LogP contribution is -2.57. The number of carbonyl (C=O) groups is 4. The zero-order valence-electron chi connectivity index (χ0n) is 15.9. The summed E-state index contributed by atoms with van der Waals surface area (Å²) in [4.78, 5) is 48.0. The van der Waals surface area contributed by atoms with Gasteiger partial charge in [-0.3, -0.25) is 14.4 Å². The predicted molar refractivity (Wildman–Crippen MR) is 115 cm³/mol. The Bertz CT molecular complexity index is 719. The van der Waals surface area contributed by atoms with E-state index in [1.807, 2.05) is 0 Å². The summed E-state index contributed by atoms with van der Waals surface area (Å²) >= 11 is 7.94. The summed E-state index contributed by atoms with van der Waals surface area (Å²) in [6, 6.07) is 4.77. The normalized spacial score (nSPS) is 14.8. The molecule has 1 aromatic rings. The van der Waals surface area contributed by atoms with Crippen molar-refractivity contribution >= 4 is 48.9 Å². The van der Waals surface area contributed by atoms with E-state index in [4.69, 9.17) is 5.73 Å². The van der Waals surface area contributed by atoms with Crippen LogP contribution in [0.15, 0.2) is 30.3 Å². The quantitative estimate of drug-likeness (QED) is 0.218. The van der Waals surface area contributed by atoms with Gasteiger partial charge in [0.1, 0.15) is 18.1 Å². The van der Waals surface area contributed by atoms with Crippen molar-refractivity contribution in [1.82, 2.24) is 16.0 Å². The van der Waals surface area contributed by atoms with E-state index in [-0.39, 0.29) is 17.9 Å². The van der Waals surface area contributed by atoms with Gasteiger partial charge in [0.2, 0.25) is 17.7 Å². The van der Waals surface area contributed by atoms with E-state index in [0.717, 1.165) is 5.56 Å². The van der Waals surface area contributed by atoms with Gasteiger partial charge in [-0.05, 0) is 12.5 Å². The van der Waals surface area contributed by atoms with Gasteiger partial charge in [0.25, 0.3) is 0 Å². The fraction of sp³-hybridized carbons (Fsp3) is 0.444. The predicted octanol–water partition coefficient (Wildman–Crippen LogP) is -1.03. The first-order valence-electron chi connectivity index (χ1n) is 8.84. The lowest BCUT2D eigenvalue weighted by molar-refractivity contribution is -0.142. The maximum Gasteiger partial charge on any atom is 0.326 e. The highest BCUT2D eigenvalue weighted by molar-refractivity contribution is 7.80. The molecule has 0 fully saturated rings. The van der Waals surface area contributed by atoms with Crippen LogP contribution >= 0.6 is 25.3 Å². The number of carboxylic acid groups (broad SMARTS) is 1. The molecule has 0 bridgehead atoms. The molecule has 0 aromatic heterocycles. The minimum atomic E-state index is -1.19. The number of hydrogen-bond acceptors (Lipinski definition) is 7. The molecule has 1 rings (SSSR count). The molecule has 4 atom stereocenters. The topological polar surface area (TPSA) is 151 Å². The van der Waals surface area contributed by atoms with Gasteiger partial charge in [0.15, 0.2) is 0 Å². The average Bonchev–Trinajstić information content (AvgIpc) is 2.70. The molecule has 1 aromatic carbocycles. The second-order valence-electron chi connectivity index (χ2n) is 6.35. The van der Waals surface area contributed by atoms with Gasteiger partial charge in [0, 0.05) is 17.9 Å². The first-order valence-corrected chi connectivity index (χ1v) is 10.1. The lowest BCUT2D eigenvalue weighted by Gasteiger charge is -2.22. The molecule has 11 heteroatoms. The standard InChI is InChI=1S/C18H26N4O5S2/c1-10(20-17(25)14(9-29)22-16(24)12(19)8-28)15(23)21-13(18(26)27)7-11-5-3-2-4-6-11/h2-6,10,12-14,28-29H,7-9,19H2,1H3,(H,20,25)(H,21,23)(H,22,24)(H,26,27). The summed E-state index contributed by atoms with van der Waals surface area (Å²) in [5.74, 6) is -2.99. The largest absolute Gasteiger partial charge is 0.480 e. The van der Waals surface area contributed by atoms with Crippen LogP contribution in [0.1, 0.15) is 12.5 Å². The molecule has 29 heavy (non-hydrogen) atoms. The smallest absolute Gasteiger partial charge is 0.326 e. The molecule has 0 aliphatic carbocycles. The Labute approximate surface area is 180 Å². The van der Waals surface area contributed by atoms with Crippen molar-refractivity contribution in [2.75, 3.05) is 11.5 Å². The van der Waals surface area contributed by atoms with Crippen LogP contribution in [-0.4, -0.2) is 64.5 Å². The highest BCUT2D eigenvalue weighted by Gasteiger charge is 2.27. The van der Waals surface area contributed by atoms with Crippen LogP contribution in [0.4, 0.5) is 0 Å². The van der Waals surface area contributed by atoms with Crippen molar-refractivity contribution < 1.29 is 24.3 Å². The molecule has 0 heterocycles. The van der Waals surface area contributed by atoms with Gasteiger partial charge < -0.3 is 26.8 Å². The first kappa shape index (κ1) is 24.8. The number of rotatable bonds is 11. The third-order valence-corrected chi connectivity index (χ3v) is 4.76. The second kappa shape index (κ2) is 12.3. The minimum Gasteiger partial charge on any atom is -0.480 e. The molecule has 9 nitrogen and oxygen atoms in total. The zero-order valence-corrected chi connectivity index (χ0v) is 17.7. The molecule has 0 saturated heterocycles. The van der Waals surface area contributed by atoms with Gasteiger partial charge in [-0.2, -0.15) is 25.3 Å². The van der Waals surface area contributed by atoms with Crippen LogP contribution in [-0.2, 0) is 25.6 Å². The SMILES string of the molecule is CC(NC(=O)C(CS)NC(=O)C(N)CS)C(=O)NC(Cc1ccccc1)C(=O)O. The Balaban J connectivity index is 2.67. The molecule has 6 N–H and O–H groups in total. The number of nitrogens with one attached hydrogen (secondary N) is 3.